The van der Waals surface area contributed by atoms with Crippen LogP contribution in [0.4, 0.5) is 11.4 Å². The molecule has 1 heterocycles. The Bertz CT molecular complexity index is 442. The molecule has 0 saturated carbocycles. The largest absolute Gasteiger partial charge is 0.397 e. The van der Waals surface area contributed by atoms with E-state index in [4.69, 9.17) is 16.2 Å². The zero-order chi connectivity index (χ0) is 13.1. The van der Waals surface area contributed by atoms with E-state index in [2.05, 4.69) is 0 Å². The number of hydrogen-bond donors (Lipinski definition) is 2. The first-order valence-corrected chi connectivity index (χ1v) is 6.10. The monoisotopic (exact) mass is 249 g/mol. The Labute approximate surface area is 107 Å². The summed E-state index contributed by atoms with van der Waals surface area (Å²) in [7, 11) is 1.94. The highest BCUT2D eigenvalue weighted by Gasteiger charge is 2.19. The van der Waals surface area contributed by atoms with Crippen molar-refractivity contribution in [2.24, 2.45) is 5.73 Å². The molecule has 5 nitrogen and oxygen atoms in total. The Kier molecular flexibility index (Phi) is 3.72. The average molecular weight is 249 g/mol. The molecule has 5 heteroatoms. The number of primary amides is 1. The minimum absolute atomic E-state index is 0.242. The molecule has 4 N–H and O–H groups in total. The van der Waals surface area contributed by atoms with Gasteiger partial charge in [0.15, 0.2) is 0 Å². The van der Waals surface area contributed by atoms with Crippen molar-refractivity contribution in [3.05, 3.63) is 23.8 Å². The predicted molar refractivity (Wildman–Crippen MR) is 71.6 cm³/mol. The number of amides is 1. The van der Waals surface area contributed by atoms with Crippen LogP contribution in [0, 0.1) is 0 Å². The molecular formula is C13H19N3O2. The van der Waals surface area contributed by atoms with Crippen molar-refractivity contribution in [3.63, 3.8) is 0 Å². The standard InChI is InChI=1S/C13H19N3O2/c1-16(8-10-3-2-6-18-10)12-7-9(13(15)17)4-5-11(12)14/h4-5,7,10H,2-3,6,8,14H2,1H3,(H2,15,17). The van der Waals surface area contributed by atoms with Crippen molar-refractivity contribution >= 4 is 17.3 Å². The summed E-state index contributed by atoms with van der Waals surface area (Å²) < 4.78 is 5.59. The lowest BCUT2D eigenvalue weighted by atomic mass is 10.1. The van der Waals surface area contributed by atoms with Gasteiger partial charge in [0.1, 0.15) is 0 Å². The molecule has 1 aromatic rings. The van der Waals surface area contributed by atoms with Crippen LogP contribution >= 0.6 is 0 Å². The molecule has 0 radical (unpaired) electrons. The maximum absolute atomic E-state index is 11.2. The molecular weight excluding hydrogens is 230 g/mol. The Balaban J connectivity index is 2.14. The van der Waals surface area contributed by atoms with Crippen LogP contribution in [-0.2, 0) is 4.74 Å². The van der Waals surface area contributed by atoms with Crippen LogP contribution in [0.3, 0.4) is 0 Å². The maximum Gasteiger partial charge on any atom is 0.248 e. The molecule has 1 unspecified atom stereocenters. The molecule has 1 aromatic carbocycles. The first kappa shape index (κ1) is 12.7. The fourth-order valence-corrected chi connectivity index (χ4v) is 2.22. The van der Waals surface area contributed by atoms with Crippen LogP contribution in [0.15, 0.2) is 18.2 Å². The van der Waals surface area contributed by atoms with E-state index in [1.165, 1.54) is 0 Å². The van der Waals surface area contributed by atoms with E-state index in [1.54, 1.807) is 18.2 Å². The second-order valence-corrected chi connectivity index (χ2v) is 4.65. The van der Waals surface area contributed by atoms with Gasteiger partial charge in [0.2, 0.25) is 5.91 Å². The van der Waals surface area contributed by atoms with Crippen LogP contribution in [-0.4, -0.2) is 32.2 Å². The summed E-state index contributed by atoms with van der Waals surface area (Å²) in [5.41, 5.74) is 13.1. The molecule has 0 bridgehead atoms. The van der Waals surface area contributed by atoms with Crippen molar-refractivity contribution in [3.8, 4) is 0 Å². The maximum atomic E-state index is 11.2. The van der Waals surface area contributed by atoms with Gasteiger partial charge >= 0.3 is 0 Å². The zero-order valence-electron chi connectivity index (χ0n) is 10.6. The lowest BCUT2D eigenvalue weighted by molar-refractivity contribution is 0.100. The third-order valence-electron chi connectivity index (χ3n) is 3.23. The molecule has 1 atom stereocenters. The number of benzene rings is 1. The van der Waals surface area contributed by atoms with Crippen molar-refractivity contribution in [1.29, 1.82) is 0 Å². The molecule has 1 aliphatic rings. The second-order valence-electron chi connectivity index (χ2n) is 4.65. The first-order chi connectivity index (χ1) is 8.58. The first-order valence-electron chi connectivity index (χ1n) is 6.10. The minimum atomic E-state index is -0.443. The van der Waals surface area contributed by atoms with E-state index in [1.807, 2.05) is 11.9 Å². The van der Waals surface area contributed by atoms with Gasteiger partial charge in [-0.1, -0.05) is 0 Å². The number of carbonyl (C=O) groups is 1. The van der Waals surface area contributed by atoms with Gasteiger partial charge in [-0.15, -0.1) is 0 Å². The molecule has 1 fully saturated rings. The Morgan fingerprint density at radius 2 is 2.33 bits per heavy atom. The van der Waals surface area contributed by atoms with Gasteiger partial charge in [-0.2, -0.15) is 0 Å². The van der Waals surface area contributed by atoms with Crippen molar-refractivity contribution < 1.29 is 9.53 Å². The molecule has 1 amide bonds. The molecule has 2 rings (SSSR count). The highest BCUT2D eigenvalue weighted by atomic mass is 16.5. The minimum Gasteiger partial charge on any atom is -0.397 e. The van der Waals surface area contributed by atoms with Gasteiger partial charge in [-0.3, -0.25) is 4.79 Å². The van der Waals surface area contributed by atoms with Crippen molar-refractivity contribution in [2.75, 3.05) is 30.8 Å². The Morgan fingerprint density at radius 3 is 2.94 bits per heavy atom. The van der Waals surface area contributed by atoms with Crippen LogP contribution in [0.5, 0.6) is 0 Å². The fraction of sp³-hybridized carbons (Fsp3) is 0.462. The normalized spacial score (nSPS) is 18.8. The molecule has 0 aliphatic carbocycles. The number of rotatable bonds is 4. The topological polar surface area (TPSA) is 81.6 Å². The summed E-state index contributed by atoms with van der Waals surface area (Å²) >= 11 is 0. The third kappa shape index (κ3) is 2.73. The molecule has 0 aromatic heterocycles. The molecule has 98 valence electrons. The number of hydrogen-bond acceptors (Lipinski definition) is 4. The van der Waals surface area contributed by atoms with Crippen LogP contribution in [0.2, 0.25) is 0 Å². The fourth-order valence-electron chi connectivity index (χ4n) is 2.22. The molecule has 1 saturated heterocycles. The van der Waals surface area contributed by atoms with E-state index in [9.17, 15) is 4.79 Å². The lowest BCUT2D eigenvalue weighted by Crippen LogP contribution is -2.29. The Morgan fingerprint density at radius 1 is 1.56 bits per heavy atom. The lowest BCUT2D eigenvalue weighted by Gasteiger charge is -2.24. The van der Waals surface area contributed by atoms with E-state index < -0.39 is 5.91 Å². The van der Waals surface area contributed by atoms with Gasteiger partial charge in [-0.25, -0.2) is 0 Å². The van der Waals surface area contributed by atoms with Gasteiger partial charge in [-0.05, 0) is 31.0 Å². The molecule has 0 spiro atoms. The number of carbonyl (C=O) groups excluding carboxylic acids is 1. The summed E-state index contributed by atoms with van der Waals surface area (Å²) in [4.78, 5) is 13.2. The van der Waals surface area contributed by atoms with Crippen LogP contribution in [0.25, 0.3) is 0 Å². The van der Waals surface area contributed by atoms with Crippen LogP contribution in [0.1, 0.15) is 23.2 Å². The SMILES string of the molecule is CN(CC1CCCO1)c1cc(C(N)=O)ccc1N. The van der Waals surface area contributed by atoms with E-state index in [0.29, 0.717) is 11.3 Å². The summed E-state index contributed by atoms with van der Waals surface area (Å²) in [6.45, 7) is 1.60. The highest BCUT2D eigenvalue weighted by molar-refractivity contribution is 5.95. The molecule has 1 aliphatic heterocycles. The summed E-state index contributed by atoms with van der Waals surface area (Å²) in [5, 5.41) is 0. The Hall–Kier alpha value is -1.75. The van der Waals surface area contributed by atoms with Crippen molar-refractivity contribution in [2.45, 2.75) is 18.9 Å². The van der Waals surface area contributed by atoms with E-state index in [-0.39, 0.29) is 6.10 Å². The smallest absolute Gasteiger partial charge is 0.248 e. The quantitative estimate of drug-likeness (QED) is 0.779. The average Bonchev–Trinajstić information content (AvgIpc) is 2.81. The summed E-state index contributed by atoms with van der Waals surface area (Å²) in [6, 6.07) is 5.08. The van der Waals surface area contributed by atoms with Gasteiger partial charge in [0, 0.05) is 25.8 Å². The third-order valence-corrected chi connectivity index (χ3v) is 3.23. The number of ether oxygens (including phenoxy) is 1. The van der Waals surface area contributed by atoms with E-state index >= 15 is 0 Å². The number of nitrogens with two attached hydrogens (primary N) is 2. The van der Waals surface area contributed by atoms with Gasteiger partial charge in [0.05, 0.1) is 17.5 Å². The number of anilines is 2. The highest BCUT2D eigenvalue weighted by Crippen LogP contribution is 2.25. The summed E-state index contributed by atoms with van der Waals surface area (Å²) in [6.07, 6.45) is 2.42. The summed E-state index contributed by atoms with van der Waals surface area (Å²) in [5.74, 6) is -0.443. The van der Waals surface area contributed by atoms with Crippen molar-refractivity contribution in [1.82, 2.24) is 0 Å². The number of likely N-dealkylation sites (N-methyl/N-ethyl adjacent to an activating group) is 1. The van der Waals surface area contributed by atoms with Gasteiger partial charge in [0.25, 0.3) is 0 Å². The number of nitrogens with zero attached hydrogens (tertiary/aromatic N) is 1. The zero-order valence-corrected chi connectivity index (χ0v) is 10.6. The van der Waals surface area contributed by atoms with E-state index in [0.717, 1.165) is 31.7 Å². The second kappa shape index (κ2) is 5.27. The van der Waals surface area contributed by atoms with Gasteiger partial charge < -0.3 is 21.1 Å². The predicted octanol–water partition coefficient (Wildman–Crippen LogP) is 0.983. The number of nitrogen functional groups attached to an aromatic ring is 1. The molecule has 18 heavy (non-hydrogen) atoms. The van der Waals surface area contributed by atoms with Crippen LogP contribution < -0.4 is 16.4 Å².